The van der Waals surface area contributed by atoms with Gasteiger partial charge in [-0.3, -0.25) is 16.3 Å². The van der Waals surface area contributed by atoms with E-state index >= 15 is 0 Å². The van der Waals surface area contributed by atoms with Crippen LogP contribution in [0.3, 0.4) is 0 Å². The summed E-state index contributed by atoms with van der Waals surface area (Å²) in [5, 5.41) is 0. The fourth-order valence-electron chi connectivity index (χ4n) is 3.43. The SMILES string of the molecule is Cc1cccc(CCC(NN)C2CCc3cccnc32)c1. The van der Waals surface area contributed by atoms with E-state index in [0.29, 0.717) is 12.0 Å². The Morgan fingerprint density at radius 1 is 1.33 bits per heavy atom. The van der Waals surface area contributed by atoms with Crippen LogP contribution in [-0.2, 0) is 12.8 Å². The Balaban J connectivity index is 1.69. The van der Waals surface area contributed by atoms with E-state index in [1.807, 2.05) is 12.3 Å². The van der Waals surface area contributed by atoms with Crippen LogP contribution in [0.25, 0.3) is 0 Å². The van der Waals surface area contributed by atoms with Crippen molar-refractivity contribution in [1.82, 2.24) is 10.4 Å². The van der Waals surface area contributed by atoms with Gasteiger partial charge in [0, 0.05) is 23.9 Å². The minimum atomic E-state index is 0.293. The molecule has 0 fully saturated rings. The summed E-state index contributed by atoms with van der Waals surface area (Å²) in [6.07, 6.45) is 6.26. The second-order valence-electron chi connectivity index (χ2n) is 5.99. The summed E-state index contributed by atoms with van der Waals surface area (Å²) >= 11 is 0. The number of aromatic nitrogens is 1. The Kier molecular flexibility index (Phi) is 4.32. The Morgan fingerprint density at radius 2 is 2.24 bits per heavy atom. The van der Waals surface area contributed by atoms with E-state index in [1.165, 1.54) is 22.4 Å². The molecule has 3 rings (SSSR count). The molecule has 0 bridgehead atoms. The molecule has 0 amide bonds. The molecular weight excluding hydrogens is 258 g/mol. The molecule has 3 heteroatoms. The lowest BCUT2D eigenvalue weighted by Crippen LogP contribution is -2.39. The number of nitrogens with one attached hydrogen (secondary N) is 1. The predicted molar refractivity (Wildman–Crippen MR) is 85.9 cm³/mol. The van der Waals surface area contributed by atoms with E-state index in [-0.39, 0.29) is 0 Å². The fourth-order valence-corrected chi connectivity index (χ4v) is 3.43. The van der Waals surface area contributed by atoms with Gasteiger partial charge >= 0.3 is 0 Å². The van der Waals surface area contributed by atoms with Crippen LogP contribution in [0.4, 0.5) is 0 Å². The highest BCUT2D eigenvalue weighted by molar-refractivity contribution is 5.30. The average Bonchev–Trinajstić information content (AvgIpc) is 2.92. The van der Waals surface area contributed by atoms with Gasteiger partial charge in [0.05, 0.1) is 0 Å². The lowest BCUT2D eigenvalue weighted by atomic mass is 9.92. The van der Waals surface area contributed by atoms with Crippen molar-refractivity contribution in [2.75, 3.05) is 0 Å². The largest absolute Gasteiger partial charge is 0.271 e. The van der Waals surface area contributed by atoms with Gasteiger partial charge < -0.3 is 0 Å². The number of fused-ring (bicyclic) bond motifs is 1. The van der Waals surface area contributed by atoms with E-state index in [9.17, 15) is 0 Å². The standard InChI is InChI=1S/C18H23N3/c1-13-4-2-5-14(12-13)7-10-17(21-19)16-9-8-15-6-3-11-20-18(15)16/h2-6,11-12,16-17,21H,7-10,19H2,1H3. The van der Waals surface area contributed by atoms with Gasteiger partial charge in [0.2, 0.25) is 0 Å². The van der Waals surface area contributed by atoms with E-state index in [0.717, 1.165) is 25.7 Å². The first kappa shape index (κ1) is 14.2. The molecule has 0 saturated carbocycles. The van der Waals surface area contributed by atoms with Crippen LogP contribution in [-0.4, -0.2) is 11.0 Å². The molecule has 2 unspecified atom stereocenters. The third kappa shape index (κ3) is 3.14. The molecule has 3 nitrogen and oxygen atoms in total. The summed E-state index contributed by atoms with van der Waals surface area (Å²) < 4.78 is 0. The van der Waals surface area contributed by atoms with Gasteiger partial charge in [-0.15, -0.1) is 0 Å². The smallest absolute Gasteiger partial charge is 0.0482 e. The maximum Gasteiger partial charge on any atom is 0.0482 e. The zero-order chi connectivity index (χ0) is 14.7. The predicted octanol–water partition coefficient (Wildman–Crippen LogP) is 2.88. The summed E-state index contributed by atoms with van der Waals surface area (Å²) in [7, 11) is 0. The van der Waals surface area contributed by atoms with Crippen LogP contribution in [0.2, 0.25) is 0 Å². The maximum atomic E-state index is 5.83. The van der Waals surface area contributed by atoms with Crippen molar-refractivity contribution in [3.05, 3.63) is 65.0 Å². The minimum absolute atomic E-state index is 0.293. The first-order chi connectivity index (χ1) is 10.3. The fraction of sp³-hybridized carbons (Fsp3) is 0.389. The summed E-state index contributed by atoms with van der Waals surface area (Å²) in [6, 6.07) is 13.2. The Morgan fingerprint density at radius 3 is 3.05 bits per heavy atom. The molecule has 1 aromatic heterocycles. The molecule has 1 heterocycles. The topological polar surface area (TPSA) is 50.9 Å². The Hall–Kier alpha value is -1.71. The van der Waals surface area contributed by atoms with Crippen LogP contribution < -0.4 is 11.3 Å². The van der Waals surface area contributed by atoms with Gasteiger partial charge in [-0.05, 0) is 49.8 Å². The number of rotatable bonds is 5. The molecule has 0 radical (unpaired) electrons. The van der Waals surface area contributed by atoms with Crippen molar-refractivity contribution >= 4 is 0 Å². The highest BCUT2D eigenvalue weighted by atomic mass is 15.2. The second kappa shape index (κ2) is 6.37. The van der Waals surface area contributed by atoms with Gasteiger partial charge in [0.25, 0.3) is 0 Å². The maximum absolute atomic E-state index is 5.83. The monoisotopic (exact) mass is 281 g/mol. The van der Waals surface area contributed by atoms with E-state index in [4.69, 9.17) is 5.84 Å². The van der Waals surface area contributed by atoms with E-state index < -0.39 is 0 Å². The first-order valence-electron chi connectivity index (χ1n) is 7.73. The Labute approximate surface area is 126 Å². The third-order valence-electron chi connectivity index (χ3n) is 4.53. The summed E-state index contributed by atoms with van der Waals surface area (Å²) in [5.74, 6) is 6.27. The number of nitrogens with zero attached hydrogens (tertiary/aromatic N) is 1. The number of hydrogen-bond acceptors (Lipinski definition) is 3. The molecule has 3 N–H and O–H groups in total. The molecule has 0 saturated heterocycles. The molecular formula is C18H23N3. The number of nitrogens with two attached hydrogens (primary N) is 1. The van der Waals surface area contributed by atoms with Crippen LogP contribution >= 0.6 is 0 Å². The van der Waals surface area contributed by atoms with Crippen LogP contribution in [0.15, 0.2) is 42.6 Å². The molecule has 2 aromatic rings. The van der Waals surface area contributed by atoms with Gasteiger partial charge in [-0.1, -0.05) is 35.9 Å². The lowest BCUT2D eigenvalue weighted by Gasteiger charge is -2.23. The minimum Gasteiger partial charge on any atom is -0.271 e. The van der Waals surface area contributed by atoms with Crippen LogP contribution in [0.5, 0.6) is 0 Å². The van der Waals surface area contributed by atoms with Crippen molar-refractivity contribution in [1.29, 1.82) is 0 Å². The second-order valence-corrected chi connectivity index (χ2v) is 5.99. The highest BCUT2D eigenvalue weighted by Gasteiger charge is 2.30. The quantitative estimate of drug-likeness (QED) is 0.654. The molecule has 2 atom stereocenters. The van der Waals surface area contributed by atoms with Crippen molar-refractivity contribution < 1.29 is 0 Å². The van der Waals surface area contributed by atoms with Gasteiger partial charge in [-0.25, -0.2) is 0 Å². The zero-order valence-corrected chi connectivity index (χ0v) is 12.5. The van der Waals surface area contributed by atoms with Crippen molar-refractivity contribution in [3.63, 3.8) is 0 Å². The van der Waals surface area contributed by atoms with Crippen LogP contribution in [0.1, 0.15) is 41.1 Å². The zero-order valence-electron chi connectivity index (χ0n) is 12.5. The Bertz CT molecular complexity index is 609. The molecule has 1 aliphatic rings. The summed E-state index contributed by atoms with van der Waals surface area (Å²) in [5.41, 5.74) is 8.36. The molecule has 0 spiro atoms. The lowest BCUT2D eigenvalue weighted by molar-refractivity contribution is 0.408. The van der Waals surface area contributed by atoms with Crippen LogP contribution in [0, 0.1) is 6.92 Å². The number of pyridine rings is 1. The molecule has 21 heavy (non-hydrogen) atoms. The van der Waals surface area contributed by atoms with E-state index in [2.05, 4.69) is 47.7 Å². The summed E-state index contributed by atoms with van der Waals surface area (Å²) in [4.78, 5) is 4.58. The number of benzene rings is 1. The van der Waals surface area contributed by atoms with Gasteiger partial charge in [-0.2, -0.15) is 0 Å². The molecule has 1 aliphatic carbocycles. The number of aryl methyl sites for hydroxylation is 3. The highest BCUT2D eigenvalue weighted by Crippen LogP contribution is 2.34. The third-order valence-corrected chi connectivity index (χ3v) is 4.53. The summed E-state index contributed by atoms with van der Waals surface area (Å²) in [6.45, 7) is 2.14. The average molecular weight is 281 g/mol. The molecule has 110 valence electrons. The molecule has 1 aromatic carbocycles. The normalized spacial score (nSPS) is 18.5. The molecule has 0 aliphatic heterocycles. The van der Waals surface area contributed by atoms with Crippen molar-refractivity contribution in [2.45, 2.75) is 44.6 Å². The first-order valence-corrected chi connectivity index (χ1v) is 7.73. The van der Waals surface area contributed by atoms with E-state index in [1.54, 1.807) is 0 Å². The number of hydrazine groups is 1. The van der Waals surface area contributed by atoms with Crippen molar-refractivity contribution in [3.8, 4) is 0 Å². The number of hydrogen-bond donors (Lipinski definition) is 2. The van der Waals surface area contributed by atoms with Gasteiger partial charge in [0.15, 0.2) is 0 Å². The van der Waals surface area contributed by atoms with Gasteiger partial charge in [0.1, 0.15) is 0 Å². The van der Waals surface area contributed by atoms with Crippen molar-refractivity contribution in [2.24, 2.45) is 5.84 Å².